The Bertz CT molecular complexity index is 691. The summed E-state index contributed by atoms with van der Waals surface area (Å²) < 4.78 is 1.52. The molecule has 1 amide bonds. The Morgan fingerprint density at radius 1 is 1.30 bits per heavy atom. The van der Waals surface area contributed by atoms with Gasteiger partial charge in [0.15, 0.2) is 0 Å². The van der Waals surface area contributed by atoms with Crippen molar-refractivity contribution in [2.24, 2.45) is 7.05 Å². The molecule has 0 unspecified atom stereocenters. The molecule has 1 aromatic carbocycles. The Morgan fingerprint density at radius 3 is 2.50 bits per heavy atom. The number of carboxylic acids is 1. The first kappa shape index (κ1) is 13.6. The number of aromatic nitrogens is 2. The third-order valence-electron chi connectivity index (χ3n) is 2.74. The highest BCUT2D eigenvalue weighted by Gasteiger charge is 2.14. The van der Waals surface area contributed by atoms with Crippen molar-refractivity contribution in [2.75, 3.05) is 5.32 Å². The van der Waals surface area contributed by atoms with Crippen molar-refractivity contribution < 1.29 is 19.8 Å². The Hall–Kier alpha value is -2.83. The Morgan fingerprint density at radius 2 is 2.00 bits per heavy atom. The van der Waals surface area contributed by atoms with Gasteiger partial charge in [0.25, 0.3) is 5.91 Å². The average Bonchev–Trinajstić information content (AvgIpc) is 2.68. The molecular weight excluding hydrogens is 262 g/mol. The van der Waals surface area contributed by atoms with Crippen molar-refractivity contribution in [2.45, 2.75) is 6.92 Å². The van der Waals surface area contributed by atoms with E-state index in [9.17, 15) is 14.7 Å². The van der Waals surface area contributed by atoms with Crippen LogP contribution in [-0.2, 0) is 7.05 Å². The summed E-state index contributed by atoms with van der Waals surface area (Å²) in [5, 5.41) is 25.0. The minimum absolute atomic E-state index is 0.222. The first-order chi connectivity index (χ1) is 9.38. The van der Waals surface area contributed by atoms with Crippen molar-refractivity contribution in [3.05, 3.63) is 41.2 Å². The van der Waals surface area contributed by atoms with E-state index in [0.29, 0.717) is 16.9 Å². The van der Waals surface area contributed by atoms with Crippen molar-refractivity contribution in [1.29, 1.82) is 0 Å². The number of carbonyl (C=O) groups is 2. The molecular formula is C13H13N3O4. The van der Waals surface area contributed by atoms with Gasteiger partial charge in [-0.15, -0.1) is 0 Å². The van der Waals surface area contributed by atoms with Gasteiger partial charge in [0.2, 0.25) is 0 Å². The second kappa shape index (κ2) is 5.04. The monoisotopic (exact) mass is 275 g/mol. The molecule has 0 atom stereocenters. The highest BCUT2D eigenvalue weighted by atomic mass is 16.4. The summed E-state index contributed by atoms with van der Waals surface area (Å²) in [7, 11) is 1.71. The predicted molar refractivity (Wildman–Crippen MR) is 71.0 cm³/mol. The largest absolute Gasteiger partial charge is 0.507 e. The fourth-order valence-corrected chi connectivity index (χ4v) is 1.81. The molecule has 0 aliphatic heterocycles. The summed E-state index contributed by atoms with van der Waals surface area (Å²) >= 11 is 0. The normalized spacial score (nSPS) is 10.3. The zero-order valence-corrected chi connectivity index (χ0v) is 10.9. The summed E-state index contributed by atoms with van der Waals surface area (Å²) in [4.78, 5) is 22.8. The van der Waals surface area contributed by atoms with Gasteiger partial charge in [0.05, 0.1) is 11.3 Å². The summed E-state index contributed by atoms with van der Waals surface area (Å²) in [6, 6.07) is 3.82. The van der Waals surface area contributed by atoms with Gasteiger partial charge < -0.3 is 15.5 Å². The quantitative estimate of drug-likeness (QED) is 0.785. The lowest BCUT2D eigenvalue weighted by Crippen LogP contribution is -2.12. The molecule has 0 aliphatic rings. The maximum absolute atomic E-state index is 12.0. The van der Waals surface area contributed by atoms with Gasteiger partial charge in [-0.3, -0.25) is 9.48 Å². The number of hydrogen-bond donors (Lipinski definition) is 3. The second-order valence-electron chi connectivity index (χ2n) is 4.29. The molecule has 0 aliphatic carbocycles. The van der Waals surface area contributed by atoms with E-state index in [-0.39, 0.29) is 11.5 Å². The van der Waals surface area contributed by atoms with Crippen LogP contribution < -0.4 is 5.32 Å². The molecule has 3 N–H and O–H groups in total. The topological polar surface area (TPSA) is 104 Å². The molecule has 0 saturated heterocycles. The third-order valence-corrected chi connectivity index (χ3v) is 2.74. The van der Waals surface area contributed by atoms with Crippen LogP contribution in [-0.4, -0.2) is 31.9 Å². The van der Waals surface area contributed by atoms with Gasteiger partial charge >= 0.3 is 5.97 Å². The van der Waals surface area contributed by atoms with E-state index in [2.05, 4.69) is 10.4 Å². The van der Waals surface area contributed by atoms with Crippen LogP contribution in [0, 0.1) is 6.92 Å². The highest BCUT2D eigenvalue weighted by Crippen LogP contribution is 2.22. The van der Waals surface area contributed by atoms with Gasteiger partial charge in [0.1, 0.15) is 11.3 Å². The van der Waals surface area contributed by atoms with Crippen LogP contribution in [0.15, 0.2) is 24.4 Å². The number of nitrogens with one attached hydrogen (secondary N) is 1. The number of amides is 1. The van der Waals surface area contributed by atoms with E-state index >= 15 is 0 Å². The van der Waals surface area contributed by atoms with Crippen molar-refractivity contribution in [3.8, 4) is 5.75 Å². The molecule has 0 bridgehead atoms. The van der Waals surface area contributed by atoms with E-state index in [1.807, 2.05) is 0 Å². The molecule has 7 heteroatoms. The molecule has 1 heterocycles. The fourth-order valence-electron chi connectivity index (χ4n) is 1.81. The van der Waals surface area contributed by atoms with Gasteiger partial charge in [-0.2, -0.15) is 5.10 Å². The number of aromatic carboxylic acids is 1. The number of aryl methyl sites for hydroxylation is 2. The van der Waals surface area contributed by atoms with Gasteiger partial charge in [-0.05, 0) is 19.1 Å². The van der Waals surface area contributed by atoms with Gasteiger partial charge in [-0.1, -0.05) is 0 Å². The molecule has 7 nitrogen and oxygen atoms in total. The number of rotatable bonds is 3. The van der Waals surface area contributed by atoms with Crippen molar-refractivity contribution >= 4 is 17.6 Å². The number of nitrogens with zero attached hydrogens (tertiary/aromatic N) is 2. The number of phenols is 1. The van der Waals surface area contributed by atoms with Crippen LogP contribution in [0.1, 0.15) is 26.4 Å². The maximum Gasteiger partial charge on any atom is 0.339 e. The van der Waals surface area contributed by atoms with Crippen LogP contribution in [0.4, 0.5) is 5.69 Å². The fraction of sp³-hybridized carbons (Fsp3) is 0.154. The molecule has 0 spiro atoms. The number of carboxylic acid groups (broad SMARTS) is 1. The lowest BCUT2D eigenvalue weighted by atomic mass is 10.1. The van der Waals surface area contributed by atoms with Crippen LogP contribution in [0.3, 0.4) is 0 Å². The summed E-state index contributed by atoms with van der Waals surface area (Å²) in [6.45, 7) is 1.71. The lowest BCUT2D eigenvalue weighted by molar-refractivity contribution is 0.0693. The Kier molecular flexibility index (Phi) is 3.43. The lowest BCUT2D eigenvalue weighted by Gasteiger charge is -2.06. The predicted octanol–water partition coefficient (Wildman–Crippen LogP) is 1.38. The molecule has 20 heavy (non-hydrogen) atoms. The SMILES string of the molecule is Cc1nn(C)cc1C(=O)Nc1ccc(C(=O)O)c(O)c1. The van der Waals surface area contributed by atoms with Crippen LogP contribution in [0.5, 0.6) is 5.75 Å². The van der Waals surface area contributed by atoms with E-state index in [4.69, 9.17) is 5.11 Å². The number of anilines is 1. The van der Waals surface area contributed by atoms with E-state index in [0.717, 1.165) is 0 Å². The number of carbonyl (C=O) groups excluding carboxylic acids is 1. The van der Waals surface area contributed by atoms with Crippen molar-refractivity contribution in [1.82, 2.24) is 9.78 Å². The Balaban J connectivity index is 2.22. The van der Waals surface area contributed by atoms with Crippen LogP contribution >= 0.6 is 0 Å². The first-order valence-corrected chi connectivity index (χ1v) is 5.76. The van der Waals surface area contributed by atoms with Crippen LogP contribution in [0.2, 0.25) is 0 Å². The smallest absolute Gasteiger partial charge is 0.339 e. The zero-order valence-electron chi connectivity index (χ0n) is 10.9. The summed E-state index contributed by atoms with van der Waals surface area (Å²) in [5.41, 5.74) is 1.08. The molecule has 1 aromatic heterocycles. The first-order valence-electron chi connectivity index (χ1n) is 5.76. The van der Waals surface area contributed by atoms with Crippen LogP contribution in [0.25, 0.3) is 0 Å². The van der Waals surface area contributed by atoms with E-state index < -0.39 is 11.7 Å². The van der Waals surface area contributed by atoms with E-state index in [1.165, 1.54) is 22.9 Å². The molecule has 104 valence electrons. The second-order valence-corrected chi connectivity index (χ2v) is 4.29. The van der Waals surface area contributed by atoms with E-state index in [1.54, 1.807) is 20.2 Å². The minimum Gasteiger partial charge on any atom is -0.507 e. The molecule has 0 saturated carbocycles. The average molecular weight is 275 g/mol. The minimum atomic E-state index is -1.23. The Labute approximate surface area is 114 Å². The highest BCUT2D eigenvalue weighted by molar-refractivity contribution is 6.05. The molecule has 2 aromatic rings. The zero-order chi connectivity index (χ0) is 14.9. The van der Waals surface area contributed by atoms with Crippen molar-refractivity contribution in [3.63, 3.8) is 0 Å². The van der Waals surface area contributed by atoms with Gasteiger partial charge in [0, 0.05) is 25.0 Å². The summed E-state index contributed by atoms with van der Waals surface area (Å²) in [6.07, 6.45) is 1.58. The maximum atomic E-state index is 12.0. The summed E-state index contributed by atoms with van der Waals surface area (Å²) in [5.74, 6) is -2.01. The number of aromatic hydroxyl groups is 1. The number of benzene rings is 1. The third kappa shape index (κ3) is 2.61. The molecule has 0 radical (unpaired) electrons. The van der Waals surface area contributed by atoms with Gasteiger partial charge in [-0.25, -0.2) is 4.79 Å². The standard InChI is InChI=1S/C13H13N3O4/c1-7-10(6-16(2)15-7)12(18)14-8-3-4-9(13(19)20)11(17)5-8/h3-6,17H,1-2H3,(H,14,18)(H,19,20). The molecule has 0 fully saturated rings. The number of hydrogen-bond acceptors (Lipinski definition) is 4. The molecule has 2 rings (SSSR count).